The molecule has 0 saturated carbocycles. The number of hydrogen-bond donors (Lipinski definition) is 1. The van der Waals surface area contributed by atoms with Gasteiger partial charge in [0.1, 0.15) is 12.5 Å². The molecule has 0 aromatic carbocycles. The zero-order valence-electron chi connectivity index (χ0n) is 6.14. The second-order valence-corrected chi connectivity index (χ2v) is 2.04. The van der Waals surface area contributed by atoms with E-state index in [1.165, 1.54) is 18.6 Å². The molecule has 0 aliphatic rings. The van der Waals surface area contributed by atoms with Crippen LogP contribution in [0, 0.1) is 0 Å². The number of anilines is 1. The van der Waals surface area contributed by atoms with E-state index in [0.717, 1.165) is 4.90 Å². The van der Waals surface area contributed by atoms with E-state index in [1.807, 2.05) is 0 Å². The molecule has 12 heavy (non-hydrogen) atoms. The van der Waals surface area contributed by atoms with Crippen LogP contribution in [0.1, 0.15) is 0 Å². The normalized spacial score (nSPS) is 9.33. The molecule has 5 heteroatoms. The van der Waals surface area contributed by atoms with Gasteiger partial charge in [0, 0.05) is 6.07 Å². The van der Waals surface area contributed by atoms with Gasteiger partial charge in [0.2, 0.25) is 0 Å². The Morgan fingerprint density at radius 1 is 1.75 bits per heavy atom. The molecule has 0 spiro atoms. The highest BCUT2D eigenvalue weighted by molar-refractivity contribution is 5.88. The van der Waals surface area contributed by atoms with E-state index in [2.05, 4.69) is 4.42 Å². The third-order valence-corrected chi connectivity index (χ3v) is 1.31. The van der Waals surface area contributed by atoms with Gasteiger partial charge >= 0.3 is 6.09 Å². The minimum absolute atomic E-state index is 0.186. The Morgan fingerprint density at radius 3 is 2.92 bits per heavy atom. The molecule has 1 aromatic heterocycles. The predicted molar refractivity (Wildman–Crippen MR) is 40.1 cm³/mol. The van der Waals surface area contributed by atoms with Crippen molar-refractivity contribution in [2.45, 2.75) is 0 Å². The summed E-state index contributed by atoms with van der Waals surface area (Å²) in [5, 5.41) is 8.60. The number of furan rings is 1. The molecular formula is C7H7NO4. The van der Waals surface area contributed by atoms with Gasteiger partial charge in [-0.2, -0.15) is 0 Å². The van der Waals surface area contributed by atoms with Gasteiger partial charge in [-0.1, -0.05) is 0 Å². The molecule has 0 atom stereocenters. The Hall–Kier alpha value is -1.78. The number of rotatable bonds is 3. The number of carboxylic acid groups (broad SMARTS) is 1. The van der Waals surface area contributed by atoms with Gasteiger partial charge < -0.3 is 14.3 Å². The molecule has 1 amide bonds. The maximum Gasteiger partial charge on any atom is 0.412 e. The summed E-state index contributed by atoms with van der Waals surface area (Å²) < 4.78 is 4.67. The molecule has 0 bridgehead atoms. The highest BCUT2D eigenvalue weighted by Gasteiger charge is 2.13. The van der Waals surface area contributed by atoms with Crippen molar-refractivity contribution in [1.29, 1.82) is 0 Å². The zero-order valence-corrected chi connectivity index (χ0v) is 6.14. The number of nitrogens with zero attached hydrogens (tertiary/aromatic N) is 1. The molecule has 0 aliphatic heterocycles. The standard InChI is InChI=1S/C7H7NO4/c9-3-2-8(7(10)11)6-1-4-12-5-6/h1,3-5H,2H2,(H,10,11). The van der Waals surface area contributed by atoms with Crippen molar-refractivity contribution in [3.63, 3.8) is 0 Å². The molecule has 0 fully saturated rings. The minimum atomic E-state index is -1.18. The van der Waals surface area contributed by atoms with E-state index >= 15 is 0 Å². The van der Waals surface area contributed by atoms with Gasteiger partial charge in [0.05, 0.1) is 18.5 Å². The van der Waals surface area contributed by atoms with Crippen LogP contribution in [0.25, 0.3) is 0 Å². The van der Waals surface area contributed by atoms with Crippen molar-refractivity contribution in [3.8, 4) is 0 Å². The minimum Gasteiger partial charge on any atom is -0.470 e. The van der Waals surface area contributed by atoms with Crippen LogP contribution in [0.15, 0.2) is 23.0 Å². The summed E-state index contributed by atoms with van der Waals surface area (Å²) in [4.78, 5) is 21.5. The quantitative estimate of drug-likeness (QED) is 0.684. The SMILES string of the molecule is O=CCN(C(=O)O)c1ccoc1. The van der Waals surface area contributed by atoms with Gasteiger partial charge in [-0.05, 0) is 0 Å². The Bertz CT molecular complexity index is 267. The van der Waals surface area contributed by atoms with Crippen molar-refractivity contribution in [3.05, 3.63) is 18.6 Å². The van der Waals surface area contributed by atoms with Gasteiger partial charge in [-0.15, -0.1) is 0 Å². The second kappa shape index (κ2) is 3.56. The van der Waals surface area contributed by atoms with Crippen LogP contribution in [0.3, 0.4) is 0 Å². The van der Waals surface area contributed by atoms with Crippen LogP contribution in [0.5, 0.6) is 0 Å². The van der Waals surface area contributed by atoms with Crippen LogP contribution >= 0.6 is 0 Å². The average molecular weight is 169 g/mol. The average Bonchev–Trinajstić information content (AvgIpc) is 2.51. The summed E-state index contributed by atoms with van der Waals surface area (Å²) in [7, 11) is 0. The summed E-state index contributed by atoms with van der Waals surface area (Å²) in [6, 6.07) is 1.47. The van der Waals surface area contributed by atoms with Crippen molar-refractivity contribution in [2.75, 3.05) is 11.4 Å². The van der Waals surface area contributed by atoms with Crippen LogP contribution in [-0.4, -0.2) is 24.0 Å². The summed E-state index contributed by atoms with van der Waals surface area (Å²) >= 11 is 0. The van der Waals surface area contributed by atoms with Crippen LogP contribution in [0.4, 0.5) is 10.5 Å². The number of aldehydes is 1. The highest BCUT2D eigenvalue weighted by Crippen LogP contribution is 2.13. The third kappa shape index (κ3) is 1.63. The Kier molecular flexibility index (Phi) is 2.47. The van der Waals surface area contributed by atoms with E-state index < -0.39 is 6.09 Å². The molecule has 1 N–H and O–H groups in total. The lowest BCUT2D eigenvalue weighted by Gasteiger charge is -2.12. The fourth-order valence-corrected chi connectivity index (χ4v) is 0.779. The van der Waals surface area contributed by atoms with Crippen LogP contribution < -0.4 is 4.90 Å². The lowest BCUT2D eigenvalue weighted by atomic mass is 10.4. The van der Waals surface area contributed by atoms with Crippen molar-refractivity contribution >= 4 is 18.1 Å². The zero-order chi connectivity index (χ0) is 8.97. The lowest BCUT2D eigenvalue weighted by Crippen LogP contribution is -2.30. The number of amides is 1. The summed E-state index contributed by atoms with van der Waals surface area (Å²) in [6.45, 7) is -0.186. The molecule has 64 valence electrons. The van der Waals surface area contributed by atoms with E-state index in [0.29, 0.717) is 12.0 Å². The van der Waals surface area contributed by atoms with Crippen molar-refractivity contribution in [2.24, 2.45) is 0 Å². The topological polar surface area (TPSA) is 70.8 Å². The highest BCUT2D eigenvalue weighted by atomic mass is 16.4. The number of hydrogen-bond acceptors (Lipinski definition) is 3. The van der Waals surface area contributed by atoms with Gasteiger partial charge in [-0.3, -0.25) is 4.90 Å². The van der Waals surface area contributed by atoms with Gasteiger partial charge in [-0.25, -0.2) is 4.79 Å². The lowest BCUT2D eigenvalue weighted by molar-refractivity contribution is -0.106. The van der Waals surface area contributed by atoms with E-state index in [-0.39, 0.29) is 6.54 Å². The Morgan fingerprint density at radius 2 is 2.50 bits per heavy atom. The third-order valence-electron chi connectivity index (χ3n) is 1.31. The molecule has 5 nitrogen and oxygen atoms in total. The fourth-order valence-electron chi connectivity index (χ4n) is 0.779. The van der Waals surface area contributed by atoms with E-state index in [4.69, 9.17) is 5.11 Å². The molecular weight excluding hydrogens is 162 g/mol. The maximum absolute atomic E-state index is 10.5. The number of carbonyl (C=O) groups excluding carboxylic acids is 1. The molecule has 1 heterocycles. The van der Waals surface area contributed by atoms with Gasteiger partial charge in [0.15, 0.2) is 0 Å². The molecule has 1 aromatic rings. The monoisotopic (exact) mass is 169 g/mol. The first kappa shape index (κ1) is 8.32. The first-order chi connectivity index (χ1) is 5.75. The van der Waals surface area contributed by atoms with Gasteiger partial charge in [0.25, 0.3) is 0 Å². The smallest absolute Gasteiger partial charge is 0.412 e. The Labute approximate surface area is 68.2 Å². The largest absolute Gasteiger partial charge is 0.470 e. The summed E-state index contributed by atoms with van der Waals surface area (Å²) in [6.07, 6.45) is 1.94. The molecule has 0 aliphatic carbocycles. The summed E-state index contributed by atoms with van der Waals surface area (Å²) in [5.74, 6) is 0. The van der Waals surface area contributed by atoms with Crippen LogP contribution in [-0.2, 0) is 4.79 Å². The van der Waals surface area contributed by atoms with Crippen molar-refractivity contribution in [1.82, 2.24) is 0 Å². The van der Waals surface area contributed by atoms with Crippen LogP contribution in [0.2, 0.25) is 0 Å². The Balaban J connectivity index is 2.80. The van der Waals surface area contributed by atoms with Crippen molar-refractivity contribution < 1.29 is 19.1 Å². The first-order valence-corrected chi connectivity index (χ1v) is 3.22. The summed E-state index contributed by atoms with van der Waals surface area (Å²) in [5.41, 5.74) is 0.356. The maximum atomic E-state index is 10.5. The molecule has 0 saturated heterocycles. The first-order valence-electron chi connectivity index (χ1n) is 3.22. The predicted octanol–water partition coefficient (Wildman–Crippen LogP) is 0.963. The fraction of sp³-hybridized carbons (Fsp3) is 0.143. The van der Waals surface area contributed by atoms with E-state index in [1.54, 1.807) is 0 Å². The number of carbonyl (C=O) groups is 2. The molecule has 0 unspecified atom stereocenters. The second-order valence-electron chi connectivity index (χ2n) is 2.04. The molecule has 0 radical (unpaired) electrons. The molecule has 1 rings (SSSR count). The van der Waals surface area contributed by atoms with E-state index in [9.17, 15) is 9.59 Å².